The van der Waals surface area contributed by atoms with Crippen LogP contribution in [-0.2, 0) is 11.2 Å². The van der Waals surface area contributed by atoms with Crippen molar-refractivity contribution in [3.05, 3.63) is 100 Å². The molecule has 4 rings (SSSR count). The highest BCUT2D eigenvalue weighted by molar-refractivity contribution is 6.03. The van der Waals surface area contributed by atoms with Gasteiger partial charge in [0.1, 0.15) is 0 Å². The first-order valence-corrected chi connectivity index (χ1v) is 9.35. The standard InChI is InChI=1S/C23H22N2O2/c26-21-15-14-18(16-24-21)22-20(13-7-10-17-8-3-1-4-9-17)23(27)25(22)19-11-5-2-6-12-19/h1-6,8-9,11-12,14-16,20,22H,7,10,13H2,(H,24,26)/t20?,22-/m1/s1. The first-order chi connectivity index (χ1) is 13.2. The summed E-state index contributed by atoms with van der Waals surface area (Å²) in [6, 6.07) is 23.4. The Morgan fingerprint density at radius 3 is 2.22 bits per heavy atom. The van der Waals surface area contributed by atoms with Crippen molar-refractivity contribution in [2.24, 2.45) is 5.92 Å². The number of nitrogens with zero attached hydrogens (tertiary/aromatic N) is 1. The number of H-pyrrole nitrogens is 1. The van der Waals surface area contributed by atoms with Gasteiger partial charge in [0.15, 0.2) is 0 Å². The normalized spacial score (nSPS) is 19.0. The quantitative estimate of drug-likeness (QED) is 0.675. The molecule has 1 aromatic heterocycles. The zero-order valence-electron chi connectivity index (χ0n) is 15.0. The maximum absolute atomic E-state index is 12.9. The van der Waals surface area contributed by atoms with E-state index in [1.165, 1.54) is 11.6 Å². The number of aryl methyl sites for hydroxylation is 1. The Labute approximate surface area is 158 Å². The number of rotatable bonds is 6. The van der Waals surface area contributed by atoms with Crippen LogP contribution >= 0.6 is 0 Å². The van der Waals surface area contributed by atoms with Gasteiger partial charge < -0.3 is 9.88 Å². The van der Waals surface area contributed by atoms with E-state index in [2.05, 4.69) is 17.1 Å². The molecule has 2 atom stereocenters. The van der Waals surface area contributed by atoms with E-state index in [4.69, 9.17) is 0 Å². The summed E-state index contributed by atoms with van der Waals surface area (Å²) in [5.41, 5.74) is 3.04. The Morgan fingerprint density at radius 2 is 1.56 bits per heavy atom. The molecule has 0 aliphatic carbocycles. The second-order valence-corrected chi connectivity index (χ2v) is 6.96. The molecule has 2 heterocycles. The van der Waals surface area contributed by atoms with Crippen LogP contribution in [0.1, 0.15) is 30.0 Å². The largest absolute Gasteiger partial charge is 0.329 e. The van der Waals surface area contributed by atoms with Crippen LogP contribution in [0, 0.1) is 5.92 Å². The third kappa shape index (κ3) is 3.56. The average molecular weight is 358 g/mol. The number of nitrogens with one attached hydrogen (secondary N) is 1. The van der Waals surface area contributed by atoms with Crippen LogP contribution in [-0.4, -0.2) is 10.9 Å². The number of pyridine rings is 1. The fourth-order valence-corrected chi connectivity index (χ4v) is 3.87. The molecule has 1 N–H and O–H groups in total. The van der Waals surface area contributed by atoms with Crippen molar-refractivity contribution in [2.45, 2.75) is 25.3 Å². The third-order valence-electron chi connectivity index (χ3n) is 5.22. The molecule has 0 saturated carbocycles. The Morgan fingerprint density at radius 1 is 0.852 bits per heavy atom. The van der Waals surface area contributed by atoms with Gasteiger partial charge >= 0.3 is 0 Å². The summed E-state index contributed by atoms with van der Waals surface area (Å²) in [7, 11) is 0. The van der Waals surface area contributed by atoms with E-state index in [0.29, 0.717) is 0 Å². The number of para-hydroxylation sites is 1. The Kier molecular flexibility index (Phi) is 4.88. The smallest absolute Gasteiger partial charge is 0.247 e. The van der Waals surface area contributed by atoms with Crippen LogP contribution in [0.25, 0.3) is 0 Å². The lowest BCUT2D eigenvalue weighted by atomic mass is 9.79. The van der Waals surface area contributed by atoms with Crippen molar-refractivity contribution in [1.29, 1.82) is 0 Å². The van der Waals surface area contributed by atoms with Gasteiger partial charge in [0, 0.05) is 18.0 Å². The Hall–Kier alpha value is -3.14. The number of aromatic nitrogens is 1. The number of carbonyl (C=O) groups is 1. The highest BCUT2D eigenvalue weighted by Crippen LogP contribution is 2.45. The van der Waals surface area contributed by atoms with E-state index < -0.39 is 0 Å². The molecule has 0 radical (unpaired) electrons. The summed E-state index contributed by atoms with van der Waals surface area (Å²) in [5, 5.41) is 0. The van der Waals surface area contributed by atoms with Gasteiger partial charge in [0.25, 0.3) is 0 Å². The molecule has 136 valence electrons. The lowest BCUT2D eigenvalue weighted by molar-refractivity contribution is -0.130. The predicted molar refractivity (Wildman–Crippen MR) is 107 cm³/mol. The Balaban J connectivity index is 1.53. The van der Waals surface area contributed by atoms with Crippen molar-refractivity contribution in [3.63, 3.8) is 0 Å². The summed E-state index contributed by atoms with van der Waals surface area (Å²) >= 11 is 0. The third-order valence-corrected chi connectivity index (χ3v) is 5.22. The maximum atomic E-state index is 12.9. The number of hydrogen-bond acceptors (Lipinski definition) is 2. The molecule has 4 nitrogen and oxygen atoms in total. The number of aromatic amines is 1. The van der Waals surface area contributed by atoms with Gasteiger partial charge in [-0.15, -0.1) is 0 Å². The lowest BCUT2D eigenvalue weighted by Crippen LogP contribution is -2.55. The van der Waals surface area contributed by atoms with Gasteiger partial charge in [-0.05, 0) is 48.6 Å². The van der Waals surface area contributed by atoms with Crippen LogP contribution in [0.15, 0.2) is 83.8 Å². The van der Waals surface area contributed by atoms with Gasteiger partial charge in [0.05, 0.1) is 12.0 Å². The number of amides is 1. The number of β-lactam (4-membered cyclic amide) rings is 1. The summed E-state index contributed by atoms with van der Waals surface area (Å²) in [6.07, 6.45) is 4.50. The highest BCUT2D eigenvalue weighted by atomic mass is 16.2. The van der Waals surface area contributed by atoms with E-state index in [1.54, 1.807) is 6.20 Å². The molecule has 1 aliphatic rings. The molecule has 1 amide bonds. The van der Waals surface area contributed by atoms with Gasteiger partial charge in [-0.25, -0.2) is 0 Å². The minimum atomic E-state index is -0.128. The minimum absolute atomic E-state index is 0.0347. The number of anilines is 1. The SMILES string of the molecule is O=C1C(CCCc2ccccc2)[C@@H](c2ccc(=O)[nH]c2)N1c1ccccc1. The maximum Gasteiger partial charge on any atom is 0.247 e. The van der Waals surface area contributed by atoms with Crippen molar-refractivity contribution in [1.82, 2.24) is 4.98 Å². The van der Waals surface area contributed by atoms with E-state index in [1.807, 2.05) is 59.5 Å². The molecule has 3 aromatic rings. The summed E-state index contributed by atoms with van der Waals surface area (Å²) in [4.78, 5) is 28.9. The lowest BCUT2D eigenvalue weighted by Gasteiger charge is -2.47. The number of carbonyl (C=O) groups excluding carboxylic acids is 1. The van der Waals surface area contributed by atoms with Crippen LogP contribution in [0.4, 0.5) is 5.69 Å². The Bertz CT molecular complexity index is 946. The van der Waals surface area contributed by atoms with E-state index in [-0.39, 0.29) is 23.4 Å². The van der Waals surface area contributed by atoms with Crippen molar-refractivity contribution in [3.8, 4) is 0 Å². The molecular formula is C23H22N2O2. The molecule has 1 saturated heterocycles. The molecule has 0 spiro atoms. The molecule has 27 heavy (non-hydrogen) atoms. The summed E-state index contributed by atoms with van der Waals surface area (Å²) in [6.45, 7) is 0. The first-order valence-electron chi connectivity index (χ1n) is 9.35. The van der Waals surface area contributed by atoms with Crippen LogP contribution in [0.2, 0.25) is 0 Å². The monoisotopic (exact) mass is 358 g/mol. The van der Waals surface area contributed by atoms with E-state index in [9.17, 15) is 9.59 Å². The van der Waals surface area contributed by atoms with Gasteiger partial charge in [0.2, 0.25) is 11.5 Å². The summed E-state index contributed by atoms with van der Waals surface area (Å²) < 4.78 is 0. The predicted octanol–water partition coefficient (Wildman–Crippen LogP) is 4.10. The zero-order chi connectivity index (χ0) is 18.6. The van der Waals surface area contributed by atoms with Crippen LogP contribution in [0.3, 0.4) is 0 Å². The van der Waals surface area contributed by atoms with Crippen molar-refractivity contribution in [2.75, 3.05) is 4.90 Å². The molecular weight excluding hydrogens is 336 g/mol. The van der Waals surface area contributed by atoms with Crippen LogP contribution < -0.4 is 10.5 Å². The highest BCUT2D eigenvalue weighted by Gasteiger charge is 2.48. The van der Waals surface area contributed by atoms with Gasteiger partial charge in [-0.1, -0.05) is 48.5 Å². The van der Waals surface area contributed by atoms with Crippen molar-refractivity contribution >= 4 is 11.6 Å². The van der Waals surface area contributed by atoms with E-state index in [0.717, 1.165) is 30.5 Å². The zero-order valence-corrected chi connectivity index (χ0v) is 15.0. The van der Waals surface area contributed by atoms with Gasteiger partial charge in [-0.2, -0.15) is 0 Å². The van der Waals surface area contributed by atoms with Crippen molar-refractivity contribution < 1.29 is 4.79 Å². The molecule has 1 fully saturated rings. The average Bonchev–Trinajstić information content (AvgIpc) is 2.71. The van der Waals surface area contributed by atoms with Gasteiger partial charge in [-0.3, -0.25) is 9.59 Å². The minimum Gasteiger partial charge on any atom is -0.329 e. The molecule has 1 unspecified atom stereocenters. The molecule has 2 aromatic carbocycles. The second kappa shape index (κ2) is 7.62. The second-order valence-electron chi connectivity index (χ2n) is 6.96. The summed E-state index contributed by atoms with van der Waals surface area (Å²) in [5.74, 6) is 0.102. The number of hydrogen-bond donors (Lipinski definition) is 1. The van der Waals surface area contributed by atoms with Crippen LogP contribution in [0.5, 0.6) is 0 Å². The fraction of sp³-hybridized carbons (Fsp3) is 0.217. The topological polar surface area (TPSA) is 53.2 Å². The molecule has 0 bridgehead atoms. The van der Waals surface area contributed by atoms with E-state index >= 15 is 0 Å². The first kappa shape index (κ1) is 17.3. The number of benzene rings is 2. The molecule has 1 aliphatic heterocycles. The fourth-order valence-electron chi connectivity index (χ4n) is 3.87. The molecule has 4 heteroatoms.